The first kappa shape index (κ1) is 20.3. The molecule has 0 spiro atoms. The van der Waals surface area contributed by atoms with E-state index in [-0.39, 0.29) is 31.6 Å². The third kappa shape index (κ3) is 3.65. The number of carbonyl (C=O) groups excluding carboxylic acids is 2. The maximum atomic E-state index is 12.7. The lowest BCUT2D eigenvalue weighted by atomic mass is 10.1. The van der Waals surface area contributed by atoms with Gasteiger partial charge in [0.15, 0.2) is 11.5 Å². The summed E-state index contributed by atoms with van der Waals surface area (Å²) in [5.41, 5.74) is 2.72. The molecule has 1 unspecified atom stereocenters. The Hall–Kier alpha value is -3.56. The normalized spacial score (nSPS) is 16.1. The number of hydrogen-bond acceptors (Lipinski definition) is 6. The van der Waals surface area contributed by atoms with Crippen LogP contribution in [0.4, 0.5) is 11.5 Å². The number of hydrogen-bond donors (Lipinski definition) is 2. The van der Waals surface area contributed by atoms with E-state index in [1.54, 1.807) is 42.1 Å². The molecular weight excluding hydrogens is 436 g/mol. The number of methoxy groups -OCH3 is 1. The number of benzene rings is 2. The van der Waals surface area contributed by atoms with Gasteiger partial charge in [-0.05, 0) is 29.8 Å². The molecule has 2 N–H and O–H groups in total. The number of amides is 2. The summed E-state index contributed by atoms with van der Waals surface area (Å²) in [6, 6.07) is 11.6. The highest BCUT2D eigenvalue weighted by molar-refractivity contribution is 6.30. The Morgan fingerprint density at radius 3 is 2.94 bits per heavy atom. The fourth-order valence-corrected chi connectivity index (χ4v) is 4.05. The van der Waals surface area contributed by atoms with Gasteiger partial charge in [0.05, 0.1) is 18.7 Å². The molecule has 0 aliphatic carbocycles. The van der Waals surface area contributed by atoms with Gasteiger partial charge in [0, 0.05) is 29.4 Å². The van der Waals surface area contributed by atoms with E-state index in [2.05, 4.69) is 15.7 Å². The van der Waals surface area contributed by atoms with Crippen molar-refractivity contribution in [2.24, 2.45) is 0 Å². The molecule has 2 amide bonds. The average molecular weight is 455 g/mol. The highest BCUT2D eigenvalue weighted by Gasteiger charge is 2.37. The monoisotopic (exact) mass is 454 g/mol. The summed E-state index contributed by atoms with van der Waals surface area (Å²) in [5.74, 6) is 1.07. The molecule has 3 aromatic rings. The molecule has 0 fully saturated rings. The van der Waals surface area contributed by atoms with Crippen LogP contribution in [0.25, 0.3) is 11.1 Å². The van der Waals surface area contributed by atoms with Crippen LogP contribution in [0.15, 0.2) is 42.5 Å². The van der Waals surface area contributed by atoms with Gasteiger partial charge in [0.25, 0.3) is 5.91 Å². The Bertz CT molecular complexity index is 1230. The van der Waals surface area contributed by atoms with Crippen molar-refractivity contribution in [1.29, 1.82) is 0 Å². The fourth-order valence-electron chi connectivity index (χ4n) is 3.86. The van der Waals surface area contributed by atoms with Crippen molar-refractivity contribution in [1.82, 2.24) is 9.78 Å². The van der Waals surface area contributed by atoms with Crippen molar-refractivity contribution >= 4 is 34.9 Å². The second-order valence-electron chi connectivity index (χ2n) is 7.38. The van der Waals surface area contributed by atoms with Crippen molar-refractivity contribution in [2.75, 3.05) is 24.5 Å². The van der Waals surface area contributed by atoms with Gasteiger partial charge in [0.1, 0.15) is 11.9 Å². The highest BCUT2D eigenvalue weighted by Crippen LogP contribution is 2.40. The van der Waals surface area contributed by atoms with Crippen molar-refractivity contribution < 1.29 is 23.8 Å². The molecule has 0 bridgehead atoms. The molecule has 2 aliphatic rings. The first-order valence-electron chi connectivity index (χ1n) is 9.90. The van der Waals surface area contributed by atoms with E-state index in [1.165, 1.54) is 0 Å². The second-order valence-corrected chi connectivity index (χ2v) is 7.82. The quantitative estimate of drug-likeness (QED) is 0.589. The lowest BCUT2D eigenvalue weighted by Crippen LogP contribution is -2.24. The summed E-state index contributed by atoms with van der Waals surface area (Å²) in [5, 5.41) is 10.8. The third-order valence-electron chi connectivity index (χ3n) is 5.25. The zero-order valence-electron chi connectivity index (χ0n) is 17.1. The SMILES string of the molecule is COCc1nn2c(c1-c1cccc(Cl)c1)NC(=O)C2CC(=O)Nc1ccc2c(c1)OCO2. The lowest BCUT2D eigenvalue weighted by molar-refractivity contribution is -0.123. The molecule has 2 aromatic carbocycles. The zero-order valence-corrected chi connectivity index (χ0v) is 17.8. The minimum absolute atomic E-state index is 0.0869. The van der Waals surface area contributed by atoms with E-state index in [0.29, 0.717) is 33.7 Å². The molecule has 1 aromatic heterocycles. The second kappa shape index (κ2) is 8.18. The molecule has 2 aliphatic heterocycles. The summed E-state index contributed by atoms with van der Waals surface area (Å²) in [6.45, 7) is 0.393. The minimum Gasteiger partial charge on any atom is -0.454 e. The molecule has 1 atom stereocenters. The predicted octanol–water partition coefficient (Wildman–Crippen LogP) is 3.60. The van der Waals surface area contributed by atoms with Gasteiger partial charge in [-0.3, -0.25) is 9.59 Å². The topological polar surface area (TPSA) is 104 Å². The van der Waals surface area contributed by atoms with Crippen molar-refractivity contribution in [3.05, 3.63) is 53.2 Å². The summed E-state index contributed by atoms with van der Waals surface area (Å²) < 4.78 is 17.5. The molecule has 9 nitrogen and oxygen atoms in total. The van der Waals surface area contributed by atoms with E-state index >= 15 is 0 Å². The van der Waals surface area contributed by atoms with E-state index in [1.807, 2.05) is 12.1 Å². The van der Waals surface area contributed by atoms with Crippen LogP contribution in [0.2, 0.25) is 5.02 Å². The van der Waals surface area contributed by atoms with Crippen LogP contribution in [0, 0.1) is 0 Å². The molecule has 164 valence electrons. The molecule has 32 heavy (non-hydrogen) atoms. The first-order valence-corrected chi connectivity index (χ1v) is 10.3. The maximum absolute atomic E-state index is 12.7. The summed E-state index contributed by atoms with van der Waals surface area (Å²) in [4.78, 5) is 25.4. The van der Waals surface area contributed by atoms with Gasteiger partial charge in [-0.15, -0.1) is 0 Å². The number of aromatic nitrogens is 2. The zero-order chi connectivity index (χ0) is 22.2. The highest BCUT2D eigenvalue weighted by atomic mass is 35.5. The van der Waals surface area contributed by atoms with Crippen LogP contribution in [-0.4, -0.2) is 35.5 Å². The van der Waals surface area contributed by atoms with Gasteiger partial charge >= 0.3 is 0 Å². The number of carbonyl (C=O) groups is 2. The van der Waals surface area contributed by atoms with Crippen LogP contribution in [-0.2, 0) is 20.9 Å². The van der Waals surface area contributed by atoms with E-state index in [0.717, 1.165) is 11.1 Å². The molecule has 10 heteroatoms. The Kier molecular flexibility index (Phi) is 5.20. The van der Waals surface area contributed by atoms with Gasteiger partial charge in [-0.2, -0.15) is 5.10 Å². The summed E-state index contributed by atoms with van der Waals surface area (Å²) in [7, 11) is 1.57. The molecule has 0 radical (unpaired) electrons. The van der Waals surface area contributed by atoms with Gasteiger partial charge in [-0.25, -0.2) is 4.68 Å². The third-order valence-corrected chi connectivity index (χ3v) is 5.49. The lowest BCUT2D eigenvalue weighted by Gasteiger charge is -2.10. The Morgan fingerprint density at radius 1 is 1.28 bits per heavy atom. The maximum Gasteiger partial charge on any atom is 0.251 e. The van der Waals surface area contributed by atoms with Crippen LogP contribution >= 0.6 is 11.6 Å². The van der Waals surface area contributed by atoms with Crippen molar-refractivity contribution in [2.45, 2.75) is 19.1 Å². The van der Waals surface area contributed by atoms with Crippen molar-refractivity contribution in [3.8, 4) is 22.6 Å². The standard InChI is InChI=1S/C22H19ClN4O5/c1-30-10-15-20(12-3-2-4-13(23)7-12)21-25-22(29)16(27(21)26-15)9-19(28)24-14-5-6-17-18(8-14)32-11-31-17/h2-8,16H,9-11H2,1H3,(H,24,28)(H,25,29). The number of rotatable bonds is 6. The molecular formula is C22H19ClN4O5. The smallest absolute Gasteiger partial charge is 0.251 e. The van der Waals surface area contributed by atoms with Crippen LogP contribution in [0.3, 0.4) is 0 Å². The van der Waals surface area contributed by atoms with Crippen LogP contribution in [0.5, 0.6) is 11.5 Å². The number of nitrogens with zero attached hydrogens (tertiary/aromatic N) is 2. The number of anilines is 2. The van der Waals surface area contributed by atoms with Gasteiger partial charge < -0.3 is 24.8 Å². The van der Waals surface area contributed by atoms with Crippen molar-refractivity contribution in [3.63, 3.8) is 0 Å². The minimum atomic E-state index is -0.789. The van der Waals surface area contributed by atoms with E-state index in [4.69, 9.17) is 25.8 Å². The van der Waals surface area contributed by atoms with Crippen LogP contribution < -0.4 is 20.1 Å². The van der Waals surface area contributed by atoms with Gasteiger partial charge in [0.2, 0.25) is 12.7 Å². The number of fused-ring (bicyclic) bond motifs is 2. The number of nitrogens with one attached hydrogen (secondary N) is 2. The number of ether oxygens (including phenoxy) is 3. The fraction of sp³-hybridized carbons (Fsp3) is 0.227. The average Bonchev–Trinajstić information content (AvgIpc) is 3.43. The van der Waals surface area contributed by atoms with E-state index in [9.17, 15) is 9.59 Å². The largest absolute Gasteiger partial charge is 0.454 e. The molecule has 0 saturated carbocycles. The van der Waals surface area contributed by atoms with E-state index < -0.39 is 6.04 Å². The Labute approximate surface area is 188 Å². The molecule has 5 rings (SSSR count). The van der Waals surface area contributed by atoms with Crippen LogP contribution in [0.1, 0.15) is 18.2 Å². The predicted molar refractivity (Wildman–Crippen MR) is 117 cm³/mol. The molecule has 0 saturated heterocycles. The Morgan fingerprint density at radius 2 is 2.12 bits per heavy atom. The summed E-state index contributed by atoms with van der Waals surface area (Å²) in [6.07, 6.45) is -0.0869. The number of halogens is 1. The first-order chi connectivity index (χ1) is 15.5. The summed E-state index contributed by atoms with van der Waals surface area (Å²) >= 11 is 6.17. The van der Waals surface area contributed by atoms with Gasteiger partial charge in [-0.1, -0.05) is 23.7 Å². The Balaban J connectivity index is 1.40. The molecule has 3 heterocycles.